The van der Waals surface area contributed by atoms with Crippen LogP contribution in [0.1, 0.15) is 33.9 Å². The molecule has 0 amide bonds. The van der Waals surface area contributed by atoms with Crippen molar-refractivity contribution in [3.05, 3.63) is 28.8 Å². The van der Waals surface area contributed by atoms with Crippen molar-refractivity contribution in [2.75, 3.05) is 6.61 Å². The normalized spacial score (nSPS) is 18.0. The first-order valence-electron chi connectivity index (χ1n) is 4.86. The second kappa shape index (κ2) is 4.72. The zero-order valence-corrected chi connectivity index (χ0v) is 9.71. The predicted octanol–water partition coefficient (Wildman–Crippen LogP) is 1.90. The highest BCUT2D eigenvalue weighted by atomic mass is 35.5. The van der Waals surface area contributed by atoms with E-state index < -0.39 is 5.97 Å². The monoisotopic (exact) mass is 243 g/mol. The number of ether oxygens (including phenoxy) is 1. The van der Waals surface area contributed by atoms with Gasteiger partial charge >= 0.3 is 5.97 Å². The summed E-state index contributed by atoms with van der Waals surface area (Å²) < 4.78 is 5.41. The molecular formula is C11H14ClNO3. The van der Waals surface area contributed by atoms with E-state index in [-0.39, 0.29) is 24.0 Å². The smallest absolute Gasteiger partial charge is 0.339 e. The Kier molecular flexibility index (Phi) is 3.78. The average Bonchev–Trinajstić information content (AvgIpc) is 2.17. The number of hydrogen-bond donors (Lipinski definition) is 2. The highest BCUT2D eigenvalue weighted by Gasteiger charge is 2.25. The molecule has 1 aliphatic heterocycles. The molecular weight excluding hydrogens is 230 g/mol. The van der Waals surface area contributed by atoms with E-state index in [9.17, 15) is 4.79 Å². The van der Waals surface area contributed by atoms with E-state index >= 15 is 0 Å². The van der Waals surface area contributed by atoms with Crippen LogP contribution in [0.15, 0.2) is 12.1 Å². The van der Waals surface area contributed by atoms with Gasteiger partial charge in [0.15, 0.2) is 0 Å². The molecule has 0 saturated heterocycles. The van der Waals surface area contributed by atoms with Gasteiger partial charge < -0.3 is 15.6 Å². The minimum Gasteiger partial charge on any atom is -0.492 e. The molecule has 1 atom stereocenters. The van der Waals surface area contributed by atoms with Crippen LogP contribution >= 0.6 is 12.4 Å². The van der Waals surface area contributed by atoms with Crippen molar-refractivity contribution in [2.24, 2.45) is 5.73 Å². The number of nitrogens with two attached hydrogens (primary N) is 1. The fourth-order valence-electron chi connectivity index (χ4n) is 1.91. The van der Waals surface area contributed by atoms with Crippen LogP contribution < -0.4 is 10.5 Å². The third kappa shape index (κ3) is 1.99. The van der Waals surface area contributed by atoms with E-state index in [0.29, 0.717) is 12.4 Å². The molecule has 16 heavy (non-hydrogen) atoms. The number of rotatable bonds is 1. The molecule has 0 saturated carbocycles. The Morgan fingerprint density at radius 3 is 2.88 bits per heavy atom. The Morgan fingerprint density at radius 2 is 2.25 bits per heavy atom. The van der Waals surface area contributed by atoms with Crippen molar-refractivity contribution in [3.63, 3.8) is 0 Å². The van der Waals surface area contributed by atoms with Gasteiger partial charge in [0, 0.05) is 18.0 Å². The van der Waals surface area contributed by atoms with Crippen LogP contribution in [0.5, 0.6) is 5.75 Å². The lowest BCUT2D eigenvalue weighted by atomic mass is 9.94. The lowest BCUT2D eigenvalue weighted by Crippen LogP contribution is -2.23. The molecule has 0 radical (unpaired) electrons. The summed E-state index contributed by atoms with van der Waals surface area (Å²) in [5, 5.41) is 9.00. The number of aryl methyl sites for hydroxylation is 1. The average molecular weight is 244 g/mol. The van der Waals surface area contributed by atoms with E-state index in [1.807, 2.05) is 6.92 Å². The Hall–Kier alpha value is -1.26. The third-order valence-electron chi connectivity index (χ3n) is 2.69. The Balaban J connectivity index is 0.00000128. The molecule has 1 aromatic rings. The van der Waals surface area contributed by atoms with Crippen LogP contribution in [0.2, 0.25) is 0 Å². The standard InChI is InChI=1S/C11H13NO3.ClH/c1-6-2-3-7(11(13)14)10-9(6)8(12)4-5-15-10;/h2-3,8H,4-5,12H2,1H3,(H,13,14);1H/t8-;/m1./s1. The summed E-state index contributed by atoms with van der Waals surface area (Å²) in [6, 6.07) is 3.22. The molecule has 0 aliphatic carbocycles. The number of hydrogen-bond acceptors (Lipinski definition) is 3. The summed E-state index contributed by atoms with van der Waals surface area (Å²) in [6.07, 6.45) is 0.733. The number of halogens is 1. The molecule has 0 aromatic heterocycles. The van der Waals surface area contributed by atoms with Gasteiger partial charge in [0.05, 0.1) is 6.61 Å². The van der Waals surface area contributed by atoms with Crippen LogP contribution in [-0.4, -0.2) is 17.7 Å². The van der Waals surface area contributed by atoms with Crippen LogP contribution in [0.4, 0.5) is 0 Å². The third-order valence-corrected chi connectivity index (χ3v) is 2.69. The molecule has 0 fully saturated rings. The summed E-state index contributed by atoms with van der Waals surface area (Å²) in [4.78, 5) is 11.0. The van der Waals surface area contributed by atoms with Gasteiger partial charge in [-0.15, -0.1) is 12.4 Å². The number of fused-ring (bicyclic) bond motifs is 1. The summed E-state index contributed by atoms with van der Waals surface area (Å²) >= 11 is 0. The molecule has 4 nitrogen and oxygen atoms in total. The van der Waals surface area contributed by atoms with Crippen LogP contribution in [-0.2, 0) is 0 Å². The minimum atomic E-state index is -0.972. The van der Waals surface area contributed by atoms with Crippen LogP contribution in [0, 0.1) is 6.92 Å². The van der Waals surface area contributed by atoms with Gasteiger partial charge in [-0.2, -0.15) is 0 Å². The summed E-state index contributed by atoms with van der Waals surface area (Å²) in [6.45, 7) is 2.40. The number of carbonyl (C=O) groups is 1. The largest absolute Gasteiger partial charge is 0.492 e. The quantitative estimate of drug-likeness (QED) is 0.790. The van der Waals surface area contributed by atoms with E-state index in [2.05, 4.69) is 0 Å². The first-order chi connectivity index (χ1) is 7.11. The van der Waals surface area contributed by atoms with E-state index in [1.165, 1.54) is 0 Å². The van der Waals surface area contributed by atoms with Gasteiger partial charge in [-0.1, -0.05) is 6.07 Å². The zero-order valence-electron chi connectivity index (χ0n) is 8.90. The molecule has 0 spiro atoms. The number of benzene rings is 1. The maximum absolute atomic E-state index is 11.0. The fraction of sp³-hybridized carbons (Fsp3) is 0.364. The van der Waals surface area contributed by atoms with Crippen molar-refractivity contribution in [1.29, 1.82) is 0 Å². The van der Waals surface area contributed by atoms with Gasteiger partial charge in [0.1, 0.15) is 11.3 Å². The predicted molar refractivity (Wildman–Crippen MR) is 62.4 cm³/mol. The Bertz CT molecular complexity index is 420. The molecule has 5 heteroatoms. The maximum Gasteiger partial charge on any atom is 0.339 e. The molecule has 3 N–H and O–H groups in total. The second-order valence-electron chi connectivity index (χ2n) is 3.72. The zero-order chi connectivity index (χ0) is 11.0. The molecule has 1 aliphatic rings. The van der Waals surface area contributed by atoms with Crippen molar-refractivity contribution >= 4 is 18.4 Å². The highest BCUT2D eigenvalue weighted by molar-refractivity contribution is 5.91. The van der Waals surface area contributed by atoms with Gasteiger partial charge in [-0.3, -0.25) is 0 Å². The van der Waals surface area contributed by atoms with Crippen molar-refractivity contribution < 1.29 is 14.6 Å². The van der Waals surface area contributed by atoms with Gasteiger partial charge in [0.25, 0.3) is 0 Å². The number of carboxylic acid groups (broad SMARTS) is 1. The maximum atomic E-state index is 11.0. The topological polar surface area (TPSA) is 72.5 Å². The van der Waals surface area contributed by atoms with Crippen molar-refractivity contribution in [1.82, 2.24) is 0 Å². The SMILES string of the molecule is Cc1ccc(C(=O)O)c2c1[C@H](N)CCO2.Cl. The Morgan fingerprint density at radius 1 is 1.56 bits per heavy atom. The van der Waals surface area contributed by atoms with E-state index in [0.717, 1.165) is 17.5 Å². The molecule has 2 rings (SSSR count). The molecule has 88 valence electrons. The summed E-state index contributed by atoms with van der Waals surface area (Å²) in [5.41, 5.74) is 7.97. The number of carboxylic acids is 1. The molecule has 0 unspecified atom stereocenters. The molecule has 1 aromatic carbocycles. The fourth-order valence-corrected chi connectivity index (χ4v) is 1.91. The van der Waals surface area contributed by atoms with Crippen molar-refractivity contribution in [2.45, 2.75) is 19.4 Å². The lowest BCUT2D eigenvalue weighted by molar-refractivity contribution is 0.0690. The highest BCUT2D eigenvalue weighted by Crippen LogP contribution is 2.36. The van der Waals surface area contributed by atoms with Gasteiger partial charge in [0.2, 0.25) is 0 Å². The summed E-state index contributed by atoms with van der Waals surface area (Å²) in [7, 11) is 0. The minimum absolute atomic E-state index is 0. The van der Waals surface area contributed by atoms with E-state index in [1.54, 1.807) is 12.1 Å². The molecule has 0 bridgehead atoms. The van der Waals surface area contributed by atoms with Gasteiger partial charge in [-0.25, -0.2) is 4.79 Å². The van der Waals surface area contributed by atoms with Crippen molar-refractivity contribution in [3.8, 4) is 5.75 Å². The van der Waals surface area contributed by atoms with Gasteiger partial charge in [-0.05, 0) is 18.6 Å². The first-order valence-corrected chi connectivity index (χ1v) is 4.86. The van der Waals surface area contributed by atoms with E-state index in [4.69, 9.17) is 15.6 Å². The Labute approximate surface area is 99.8 Å². The van der Waals surface area contributed by atoms with Crippen LogP contribution in [0.25, 0.3) is 0 Å². The number of aromatic carboxylic acids is 1. The molecule has 1 heterocycles. The first kappa shape index (κ1) is 12.8. The lowest BCUT2D eigenvalue weighted by Gasteiger charge is -2.25. The second-order valence-corrected chi connectivity index (χ2v) is 3.72. The van der Waals surface area contributed by atoms with Crippen LogP contribution in [0.3, 0.4) is 0 Å². The summed E-state index contributed by atoms with van der Waals surface area (Å²) in [5.74, 6) is -0.526.